The molecule has 0 amide bonds. The molecule has 0 radical (unpaired) electrons. The molecule has 2 atom stereocenters. The van der Waals surface area contributed by atoms with Gasteiger partial charge in [-0.05, 0) is 11.8 Å². The van der Waals surface area contributed by atoms with E-state index in [0.717, 1.165) is 0 Å². The van der Waals surface area contributed by atoms with Crippen LogP contribution in [0.4, 0.5) is 0 Å². The molecule has 0 fully saturated rings. The molecule has 0 saturated heterocycles. The van der Waals surface area contributed by atoms with Crippen LogP contribution in [0.15, 0.2) is 0 Å². The van der Waals surface area contributed by atoms with Crippen molar-refractivity contribution in [3.8, 4) is 0 Å². The fourth-order valence-electron chi connectivity index (χ4n) is 1.42. The first-order valence-electron chi connectivity index (χ1n) is 4.74. The van der Waals surface area contributed by atoms with Crippen molar-refractivity contribution in [2.24, 2.45) is 17.8 Å². The number of aliphatic hydroxyl groups is 2. The molecule has 0 saturated carbocycles. The second kappa shape index (κ2) is 4.83. The van der Waals surface area contributed by atoms with Gasteiger partial charge in [0.15, 0.2) is 0 Å². The predicted molar refractivity (Wildman–Crippen MR) is 50.9 cm³/mol. The fourth-order valence-corrected chi connectivity index (χ4v) is 1.42. The molecular weight excluding hydrogens is 152 g/mol. The van der Waals surface area contributed by atoms with Crippen LogP contribution in [0.25, 0.3) is 0 Å². The van der Waals surface area contributed by atoms with Gasteiger partial charge in [0.2, 0.25) is 0 Å². The third kappa shape index (κ3) is 3.11. The lowest BCUT2D eigenvalue weighted by atomic mass is 9.86. The topological polar surface area (TPSA) is 40.5 Å². The van der Waals surface area contributed by atoms with Crippen LogP contribution < -0.4 is 0 Å². The van der Waals surface area contributed by atoms with Crippen molar-refractivity contribution in [3.63, 3.8) is 0 Å². The highest BCUT2D eigenvalue weighted by Crippen LogP contribution is 2.20. The van der Waals surface area contributed by atoms with Gasteiger partial charge >= 0.3 is 0 Å². The Kier molecular flexibility index (Phi) is 4.80. The minimum atomic E-state index is -0.401. The highest BCUT2D eigenvalue weighted by atomic mass is 16.3. The van der Waals surface area contributed by atoms with Gasteiger partial charge in [-0.1, -0.05) is 34.6 Å². The molecular formula is C10H22O2. The minimum Gasteiger partial charge on any atom is -0.392 e. The maximum absolute atomic E-state index is 9.65. The van der Waals surface area contributed by atoms with Gasteiger partial charge in [0, 0.05) is 5.92 Å². The Morgan fingerprint density at radius 1 is 0.667 bits per heavy atom. The van der Waals surface area contributed by atoms with Gasteiger partial charge in [0.25, 0.3) is 0 Å². The molecule has 2 N–H and O–H groups in total. The van der Waals surface area contributed by atoms with Crippen LogP contribution in [-0.2, 0) is 0 Å². The molecule has 0 bridgehead atoms. The Labute approximate surface area is 75.6 Å². The zero-order valence-electron chi connectivity index (χ0n) is 8.78. The van der Waals surface area contributed by atoms with E-state index in [-0.39, 0.29) is 17.8 Å². The monoisotopic (exact) mass is 174 g/mol. The Balaban J connectivity index is 4.08. The first kappa shape index (κ1) is 11.9. The Morgan fingerprint density at radius 3 is 1.08 bits per heavy atom. The van der Waals surface area contributed by atoms with Crippen molar-refractivity contribution < 1.29 is 10.2 Å². The van der Waals surface area contributed by atoms with E-state index >= 15 is 0 Å². The van der Waals surface area contributed by atoms with Crippen LogP contribution in [0.3, 0.4) is 0 Å². The quantitative estimate of drug-likeness (QED) is 0.680. The smallest absolute Gasteiger partial charge is 0.0613 e. The van der Waals surface area contributed by atoms with Crippen molar-refractivity contribution in [1.82, 2.24) is 0 Å². The summed E-state index contributed by atoms with van der Waals surface area (Å²) in [6.45, 7) is 9.76. The molecule has 0 heterocycles. The Hall–Kier alpha value is -0.0800. The van der Waals surface area contributed by atoms with E-state index in [0.29, 0.717) is 0 Å². The van der Waals surface area contributed by atoms with Gasteiger partial charge in [-0.15, -0.1) is 0 Å². The molecule has 0 aliphatic rings. The third-order valence-corrected chi connectivity index (χ3v) is 2.44. The number of hydrogen-bond donors (Lipinski definition) is 2. The van der Waals surface area contributed by atoms with Gasteiger partial charge in [-0.3, -0.25) is 0 Å². The number of rotatable bonds is 4. The lowest BCUT2D eigenvalue weighted by Gasteiger charge is -2.28. The van der Waals surface area contributed by atoms with Crippen LogP contribution in [0.2, 0.25) is 0 Å². The minimum absolute atomic E-state index is 0.0370. The SMILES string of the molecule is CC(C)C(O)C(C)C(O)C(C)C. The van der Waals surface area contributed by atoms with Gasteiger partial charge in [-0.25, -0.2) is 0 Å². The van der Waals surface area contributed by atoms with Crippen molar-refractivity contribution in [3.05, 3.63) is 0 Å². The van der Waals surface area contributed by atoms with E-state index in [4.69, 9.17) is 0 Å². The lowest BCUT2D eigenvalue weighted by molar-refractivity contribution is -0.0215. The summed E-state index contributed by atoms with van der Waals surface area (Å²) in [6.07, 6.45) is -0.801. The van der Waals surface area contributed by atoms with Crippen LogP contribution in [0.1, 0.15) is 34.6 Å². The Bertz CT molecular complexity index is 107. The molecule has 0 aromatic heterocycles. The summed E-state index contributed by atoms with van der Waals surface area (Å²) in [4.78, 5) is 0. The number of hydrogen-bond acceptors (Lipinski definition) is 2. The van der Waals surface area contributed by atoms with E-state index in [9.17, 15) is 10.2 Å². The second-order valence-corrected chi connectivity index (χ2v) is 4.33. The second-order valence-electron chi connectivity index (χ2n) is 4.33. The first-order chi connectivity index (χ1) is 5.37. The maximum Gasteiger partial charge on any atom is 0.0613 e. The van der Waals surface area contributed by atoms with Crippen molar-refractivity contribution >= 4 is 0 Å². The average Bonchev–Trinajstić information content (AvgIpc) is 2.00. The molecule has 0 spiro atoms. The van der Waals surface area contributed by atoms with Crippen LogP contribution >= 0.6 is 0 Å². The zero-order valence-corrected chi connectivity index (χ0v) is 8.78. The van der Waals surface area contributed by atoms with Crippen LogP contribution in [0, 0.1) is 17.8 Å². The summed E-state index contributed by atoms with van der Waals surface area (Å²) in [7, 11) is 0. The number of aliphatic hydroxyl groups excluding tert-OH is 2. The van der Waals surface area contributed by atoms with E-state index in [2.05, 4.69) is 0 Å². The molecule has 2 unspecified atom stereocenters. The summed E-state index contributed by atoms with van der Waals surface area (Å²) in [5.41, 5.74) is 0. The average molecular weight is 174 g/mol. The molecule has 2 heteroatoms. The maximum atomic E-state index is 9.65. The van der Waals surface area contributed by atoms with E-state index in [1.807, 2.05) is 34.6 Å². The molecule has 0 rings (SSSR count). The third-order valence-electron chi connectivity index (χ3n) is 2.44. The van der Waals surface area contributed by atoms with Crippen molar-refractivity contribution in [2.75, 3.05) is 0 Å². The normalized spacial score (nSPS) is 19.8. The van der Waals surface area contributed by atoms with Gasteiger partial charge in [0.05, 0.1) is 12.2 Å². The zero-order chi connectivity index (χ0) is 9.89. The highest BCUT2D eigenvalue weighted by Gasteiger charge is 2.26. The molecule has 0 aliphatic heterocycles. The van der Waals surface area contributed by atoms with Crippen LogP contribution in [0.5, 0.6) is 0 Å². The molecule has 0 aromatic carbocycles. The highest BCUT2D eigenvalue weighted by molar-refractivity contribution is 4.76. The molecule has 0 aromatic rings. The standard InChI is InChI=1S/C10H22O2/c1-6(2)9(11)8(5)10(12)7(3)4/h6-12H,1-5H3. The Morgan fingerprint density at radius 2 is 0.917 bits per heavy atom. The summed E-state index contributed by atoms with van der Waals surface area (Å²) in [5, 5.41) is 19.3. The van der Waals surface area contributed by atoms with Gasteiger partial charge in [-0.2, -0.15) is 0 Å². The lowest BCUT2D eigenvalue weighted by Crippen LogP contribution is -2.35. The summed E-state index contributed by atoms with van der Waals surface area (Å²) < 4.78 is 0. The first-order valence-corrected chi connectivity index (χ1v) is 4.74. The molecule has 2 nitrogen and oxygen atoms in total. The predicted octanol–water partition coefficient (Wildman–Crippen LogP) is 1.66. The van der Waals surface area contributed by atoms with Gasteiger partial charge < -0.3 is 10.2 Å². The van der Waals surface area contributed by atoms with E-state index in [1.165, 1.54) is 0 Å². The van der Waals surface area contributed by atoms with E-state index in [1.54, 1.807) is 0 Å². The molecule has 0 aliphatic carbocycles. The largest absolute Gasteiger partial charge is 0.392 e. The molecule has 74 valence electrons. The fraction of sp³-hybridized carbons (Fsp3) is 1.00. The van der Waals surface area contributed by atoms with Gasteiger partial charge in [0.1, 0.15) is 0 Å². The summed E-state index contributed by atoms with van der Waals surface area (Å²) in [5.74, 6) is 0.395. The van der Waals surface area contributed by atoms with Crippen LogP contribution in [-0.4, -0.2) is 22.4 Å². The van der Waals surface area contributed by atoms with Crippen molar-refractivity contribution in [2.45, 2.75) is 46.8 Å². The summed E-state index contributed by atoms with van der Waals surface area (Å²) in [6, 6.07) is 0. The van der Waals surface area contributed by atoms with Crippen molar-refractivity contribution in [1.29, 1.82) is 0 Å². The van der Waals surface area contributed by atoms with E-state index < -0.39 is 12.2 Å². The molecule has 12 heavy (non-hydrogen) atoms. The summed E-state index contributed by atoms with van der Waals surface area (Å²) >= 11 is 0.